The van der Waals surface area contributed by atoms with E-state index >= 15 is 0 Å². The summed E-state index contributed by atoms with van der Waals surface area (Å²) in [6, 6.07) is 11.2. The van der Waals surface area contributed by atoms with Crippen molar-refractivity contribution in [2.75, 3.05) is 6.54 Å². The third-order valence-corrected chi connectivity index (χ3v) is 3.07. The van der Waals surface area contributed by atoms with Crippen molar-refractivity contribution < 1.29 is 9.59 Å². The van der Waals surface area contributed by atoms with Crippen molar-refractivity contribution >= 4 is 11.8 Å². The molecule has 0 aliphatic carbocycles. The highest BCUT2D eigenvalue weighted by Crippen LogP contribution is 2.05. The Hall–Kier alpha value is -2.69. The number of pyridine rings is 1. The van der Waals surface area contributed by atoms with Crippen LogP contribution < -0.4 is 10.6 Å². The summed E-state index contributed by atoms with van der Waals surface area (Å²) in [5, 5.41) is 5.34. The molecule has 0 saturated heterocycles. The molecular weight excluding hydrogens is 266 g/mol. The monoisotopic (exact) mass is 283 g/mol. The number of aromatic nitrogens is 1. The second kappa shape index (κ2) is 7.19. The molecule has 0 saturated carbocycles. The Bertz CT molecular complexity index is 626. The van der Waals surface area contributed by atoms with Crippen molar-refractivity contribution in [1.29, 1.82) is 0 Å². The minimum atomic E-state index is -0.311. The van der Waals surface area contributed by atoms with Crippen molar-refractivity contribution in [3.05, 3.63) is 65.5 Å². The van der Waals surface area contributed by atoms with E-state index in [0.717, 1.165) is 11.1 Å². The van der Waals surface area contributed by atoms with Crippen molar-refractivity contribution in [2.45, 2.75) is 13.5 Å². The van der Waals surface area contributed by atoms with E-state index in [0.29, 0.717) is 12.1 Å². The van der Waals surface area contributed by atoms with Gasteiger partial charge in [-0.05, 0) is 30.2 Å². The number of rotatable bonds is 5. The second-order valence-corrected chi connectivity index (χ2v) is 4.63. The van der Waals surface area contributed by atoms with Gasteiger partial charge in [-0.25, -0.2) is 0 Å². The van der Waals surface area contributed by atoms with Crippen molar-refractivity contribution in [1.82, 2.24) is 15.6 Å². The fraction of sp³-hybridized carbons (Fsp3) is 0.188. The highest BCUT2D eigenvalue weighted by Gasteiger charge is 2.07. The van der Waals surface area contributed by atoms with E-state index in [4.69, 9.17) is 0 Å². The molecule has 0 radical (unpaired) electrons. The van der Waals surface area contributed by atoms with Gasteiger partial charge in [0.15, 0.2) is 0 Å². The van der Waals surface area contributed by atoms with Crippen molar-refractivity contribution in [3.8, 4) is 0 Å². The molecule has 0 atom stereocenters. The average molecular weight is 283 g/mol. The Morgan fingerprint density at radius 2 is 1.90 bits per heavy atom. The van der Waals surface area contributed by atoms with Gasteiger partial charge in [0.25, 0.3) is 5.91 Å². The van der Waals surface area contributed by atoms with Gasteiger partial charge in [-0.2, -0.15) is 0 Å². The summed E-state index contributed by atoms with van der Waals surface area (Å²) in [5.41, 5.74) is 2.62. The molecule has 2 aromatic rings. The van der Waals surface area contributed by atoms with E-state index in [1.54, 1.807) is 18.3 Å². The van der Waals surface area contributed by atoms with Crippen LogP contribution >= 0.6 is 0 Å². The maximum Gasteiger partial charge on any atom is 0.253 e. The summed E-state index contributed by atoms with van der Waals surface area (Å²) in [4.78, 5) is 27.3. The number of hydrogen-bond acceptors (Lipinski definition) is 3. The Kier molecular flexibility index (Phi) is 5.04. The molecule has 21 heavy (non-hydrogen) atoms. The zero-order chi connectivity index (χ0) is 15.1. The second-order valence-electron chi connectivity index (χ2n) is 4.63. The van der Waals surface area contributed by atoms with Crippen LogP contribution in [-0.2, 0) is 11.3 Å². The molecular formula is C16H17N3O2. The number of nitrogens with one attached hydrogen (secondary N) is 2. The van der Waals surface area contributed by atoms with E-state index in [1.165, 1.54) is 6.20 Å². The Labute approximate surface area is 123 Å². The molecule has 5 nitrogen and oxygen atoms in total. The zero-order valence-electron chi connectivity index (χ0n) is 11.8. The molecule has 0 aliphatic rings. The van der Waals surface area contributed by atoms with Crippen LogP contribution in [0.2, 0.25) is 0 Å². The zero-order valence-corrected chi connectivity index (χ0v) is 11.8. The molecule has 2 N–H and O–H groups in total. The van der Waals surface area contributed by atoms with Gasteiger partial charge >= 0.3 is 0 Å². The summed E-state index contributed by atoms with van der Waals surface area (Å²) >= 11 is 0. The lowest BCUT2D eigenvalue weighted by Crippen LogP contribution is -2.36. The number of amides is 2. The topological polar surface area (TPSA) is 71.1 Å². The molecule has 2 amide bonds. The molecule has 0 aliphatic heterocycles. The average Bonchev–Trinajstić information content (AvgIpc) is 2.52. The normalized spacial score (nSPS) is 9.95. The lowest BCUT2D eigenvalue weighted by molar-refractivity contribution is -0.120. The van der Waals surface area contributed by atoms with Gasteiger partial charge in [-0.3, -0.25) is 14.6 Å². The smallest absolute Gasteiger partial charge is 0.253 e. The van der Waals surface area contributed by atoms with E-state index in [-0.39, 0.29) is 18.4 Å². The largest absolute Gasteiger partial charge is 0.350 e. The summed E-state index contributed by atoms with van der Waals surface area (Å²) in [6.45, 7) is 2.39. The maximum atomic E-state index is 11.7. The molecule has 108 valence electrons. The van der Waals surface area contributed by atoms with Crippen molar-refractivity contribution in [2.24, 2.45) is 0 Å². The molecule has 0 fully saturated rings. The third kappa shape index (κ3) is 4.42. The summed E-state index contributed by atoms with van der Waals surface area (Å²) in [6.07, 6.45) is 3.05. The molecule has 1 heterocycles. The van der Waals surface area contributed by atoms with Gasteiger partial charge in [0, 0.05) is 18.9 Å². The quantitative estimate of drug-likeness (QED) is 0.872. The predicted molar refractivity (Wildman–Crippen MR) is 79.6 cm³/mol. The fourth-order valence-corrected chi connectivity index (χ4v) is 1.82. The van der Waals surface area contributed by atoms with Crippen LogP contribution in [0, 0.1) is 6.92 Å². The number of carbonyl (C=O) groups is 2. The number of nitrogens with zero attached hydrogens (tertiary/aromatic N) is 1. The molecule has 5 heteroatoms. The van der Waals surface area contributed by atoms with E-state index in [1.807, 2.05) is 31.2 Å². The summed E-state index contributed by atoms with van der Waals surface area (Å²) < 4.78 is 0. The van der Waals surface area contributed by atoms with Crippen LogP contribution in [0.15, 0.2) is 48.8 Å². The molecule has 1 aromatic carbocycles. The van der Waals surface area contributed by atoms with Gasteiger partial charge in [-0.1, -0.05) is 24.3 Å². The molecule has 0 spiro atoms. The lowest BCUT2D eigenvalue weighted by atomic mass is 10.1. The number of carbonyl (C=O) groups excluding carboxylic acids is 2. The first-order valence-corrected chi connectivity index (χ1v) is 6.66. The van der Waals surface area contributed by atoms with Crippen LogP contribution in [0.4, 0.5) is 0 Å². The first-order valence-electron chi connectivity index (χ1n) is 6.66. The number of aryl methyl sites for hydroxylation is 1. The minimum Gasteiger partial charge on any atom is -0.350 e. The standard InChI is InChI=1S/C16H17N3O2/c1-12-5-2-3-6-13(12)10-18-15(20)11-19-16(21)14-7-4-8-17-9-14/h2-9H,10-11H2,1H3,(H,18,20)(H,19,21). The van der Waals surface area contributed by atoms with Gasteiger partial charge < -0.3 is 10.6 Å². The Balaban J connectivity index is 1.78. The number of benzene rings is 1. The highest BCUT2D eigenvalue weighted by atomic mass is 16.2. The predicted octanol–water partition coefficient (Wildman–Crippen LogP) is 1.44. The fourth-order valence-electron chi connectivity index (χ4n) is 1.82. The summed E-state index contributed by atoms with van der Waals surface area (Å²) in [5.74, 6) is -0.537. The van der Waals surface area contributed by atoms with Gasteiger partial charge in [0.05, 0.1) is 12.1 Å². The van der Waals surface area contributed by atoms with Crippen LogP contribution in [0.3, 0.4) is 0 Å². The first-order chi connectivity index (χ1) is 10.2. The Morgan fingerprint density at radius 3 is 2.62 bits per heavy atom. The van der Waals surface area contributed by atoms with Gasteiger partial charge in [-0.15, -0.1) is 0 Å². The SMILES string of the molecule is Cc1ccccc1CNC(=O)CNC(=O)c1cccnc1. The molecule has 1 aromatic heterocycles. The van der Waals surface area contributed by atoms with E-state index < -0.39 is 0 Å². The van der Waals surface area contributed by atoms with Crippen LogP contribution in [-0.4, -0.2) is 23.3 Å². The van der Waals surface area contributed by atoms with Crippen LogP contribution in [0.5, 0.6) is 0 Å². The number of hydrogen-bond donors (Lipinski definition) is 2. The minimum absolute atomic E-state index is 0.0559. The van der Waals surface area contributed by atoms with Gasteiger partial charge in [0.2, 0.25) is 5.91 Å². The van der Waals surface area contributed by atoms with Crippen LogP contribution in [0.1, 0.15) is 21.5 Å². The molecule has 0 bridgehead atoms. The molecule has 2 rings (SSSR count). The van der Waals surface area contributed by atoms with E-state index in [9.17, 15) is 9.59 Å². The third-order valence-electron chi connectivity index (χ3n) is 3.07. The summed E-state index contributed by atoms with van der Waals surface area (Å²) in [7, 11) is 0. The van der Waals surface area contributed by atoms with Gasteiger partial charge in [0.1, 0.15) is 0 Å². The van der Waals surface area contributed by atoms with E-state index in [2.05, 4.69) is 15.6 Å². The first kappa shape index (κ1) is 14.7. The Morgan fingerprint density at radius 1 is 1.10 bits per heavy atom. The molecule has 0 unspecified atom stereocenters. The maximum absolute atomic E-state index is 11.7. The highest BCUT2D eigenvalue weighted by molar-refractivity contribution is 5.96. The van der Waals surface area contributed by atoms with Crippen molar-refractivity contribution in [3.63, 3.8) is 0 Å². The van der Waals surface area contributed by atoms with Crippen LogP contribution in [0.25, 0.3) is 0 Å². The lowest BCUT2D eigenvalue weighted by Gasteiger charge is -2.08.